The van der Waals surface area contributed by atoms with Crippen molar-refractivity contribution < 1.29 is 15.3 Å². The van der Waals surface area contributed by atoms with Crippen molar-refractivity contribution >= 4 is 0 Å². The van der Waals surface area contributed by atoms with Crippen molar-refractivity contribution in [3.63, 3.8) is 0 Å². The second-order valence-electron chi connectivity index (χ2n) is 12.1. The second-order valence-corrected chi connectivity index (χ2v) is 12.1. The number of aliphatic hydroxyl groups excluding tert-OH is 3. The van der Waals surface area contributed by atoms with Crippen molar-refractivity contribution in [3.05, 3.63) is 47.0 Å². The number of aliphatic hydroxyl groups is 3. The zero-order valence-electron chi connectivity index (χ0n) is 20.1. The summed E-state index contributed by atoms with van der Waals surface area (Å²) in [6.07, 6.45) is 10.1. The molecule has 3 saturated carbocycles. The van der Waals surface area contributed by atoms with Gasteiger partial charge in [0.15, 0.2) is 0 Å². The van der Waals surface area contributed by atoms with Gasteiger partial charge < -0.3 is 15.3 Å². The van der Waals surface area contributed by atoms with Crippen molar-refractivity contribution in [1.82, 2.24) is 0 Å². The molecule has 0 spiro atoms. The first kappa shape index (κ1) is 22.6. The van der Waals surface area contributed by atoms with Gasteiger partial charge in [0.25, 0.3) is 0 Å². The highest BCUT2D eigenvalue weighted by Gasteiger charge is 2.60. The first-order valence-electron chi connectivity index (χ1n) is 13.0. The lowest BCUT2D eigenvalue weighted by Gasteiger charge is -2.58. The third-order valence-corrected chi connectivity index (χ3v) is 10.5. The van der Waals surface area contributed by atoms with E-state index in [1.165, 1.54) is 24.0 Å². The van der Waals surface area contributed by atoms with E-state index in [2.05, 4.69) is 51.1 Å². The quantitative estimate of drug-likeness (QED) is 0.566. The molecule has 5 rings (SSSR count). The molecule has 9 atom stereocenters. The van der Waals surface area contributed by atoms with Gasteiger partial charge in [-0.25, -0.2) is 0 Å². The lowest BCUT2D eigenvalue weighted by Crippen LogP contribution is -2.52. The van der Waals surface area contributed by atoms with Crippen LogP contribution in [-0.4, -0.2) is 33.6 Å². The van der Waals surface area contributed by atoms with Gasteiger partial charge in [0.05, 0.1) is 18.3 Å². The van der Waals surface area contributed by atoms with E-state index in [4.69, 9.17) is 0 Å². The van der Waals surface area contributed by atoms with Gasteiger partial charge in [-0.3, -0.25) is 0 Å². The molecule has 0 aliphatic heterocycles. The van der Waals surface area contributed by atoms with E-state index < -0.39 is 12.2 Å². The summed E-state index contributed by atoms with van der Waals surface area (Å²) in [5.74, 6) is 2.21. The highest BCUT2D eigenvalue weighted by atomic mass is 16.3. The predicted octanol–water partition coefficient (Wildman–Crippen LogP) is 5.20. The number of rotatable bonds is 4. The van der Waals surface area contributed by atoms with Gasteiger partial charge in [0, 0.05) is 6.42 Å². The van der Waals surface area contributed by atoms with Gasteiger partial charge in [-0.2, -0.15) is 0 Å². The molecule has 32 heavy (non-hydrogen) atoms. The minimum absolute atomic E-state index is 0.116. The minimum atomic E-state index is -0.703. The largest absolute Gasteiger partial charge is 0.393 e. The summed E-state index contributed by atoms with van der Waals surface area (Å²) in [5.41, 5.74) is 4.21. The maximum atomic E-state index is 11.3. The van der Waals surface area contributed by atoms with Crippen LogP contribution in [0.5, 0.6) is 0 Å². The molecule has 1 aromatic rings. The molecule has 176 valence electrons. The Balaban J connectivity index is 1.33. The number of hydrogen-bond donors (Lipinski definition) is 3. The average molecular weight is 439 g/mol. The van der Waals surface area contributed by atoms with Crippen LogP contribution in [0.2, 0.25) is 0 Å². The molecule has 3 heteroatoms. The third-order valence-electron chi connectivity index (χ3n) is 10.5. The van der Waals surface area contributed by atoms with Gasteiger partial charge in [-0.15, -0.1) is 0 Å². The first-order chi connectivity index (χ1) is 15.2. The van der Waals surface area contributed by atoms with Crippen molar-refractivity contribution in [3.8, 4) is 0 Å². The Morgan fingerprint density at radius 1 is 0.969 bits per heavy atom. The summed E-state index contributed by atoms with van der Waals surface area (Å²) in [5, 5.41) is 32.5. The Morgan fingerprint density at radius 3 is 2.47 bits per heavy atom. The normalized spacial score (nSPS) is 42.9. The molecule has 0 aromatic heterocycles. The van der Waals surface area contributed by atoms with E-state index in [0.717, 1.165) is 44.1 Å². The zero-order chi connectivity index (χ0) is 22.7. The van der Waals surface area contributed by atoms with Crippen LogP contribution in [0.4, 0.5) is 0 Å². The van der Waals surface area contributed by atoms with Gasteiger partial charge >= 0.3 is 0 Å². The van der Waals surface area contributed by atoms with Gasteiger partial charge in [-0.1, -0.05) is 55.3 Å². The summed E-state index contributed by atoms with van der Waals surface area (Å²) in [6.45, 7) is 6.96. The van der Waals surface area contributed by atoms with E-state index in [1.54, 1.807) is 0 Å². The topological polar surface area (TPSA) is 60.7 Å². The molecule has 1 aromatic carbocycles. The molecular formula is C29H42O3. The fraction of sp³-hybridized carbons (Fsp3) is 0.724. The molecule has 0 amide bonds. The second kappa shape index (κ2) is 8.25. The van der Waals surface area contributed by atoms with Gasteiger partial charge in [0.2, 0.25) is 0 Å². The van der Waals surface area contributed by atoms with Gasteiger partial charge in [0.1, 0.15) is 0 Å². The Kier molecular flexibility index (Phi) is 5.83. The summed E-state index contributed by atoms with van der Waals surface area (Å²) in [7, 11) is 0. The molecule has 0 saturated heterocycles. The SMILES string of the molecule is Cc1ccc(C[C@@H](O)[C@@H](O)[C@H]2CC[C@H]3[C@@H]4CC=C5C[C@@H](O)CC[C@]5(C)[C@H]4CC[C@]23C)cc1. The van der Waals surface area contributed by atoms with Crippen LogP contribution in [0, 0.1) is 41.4 Å². The van der Waals surface area contributed by atoms with Crippen LogP contribution in [0.1, 0.15) is 76.3 Å². The highest BCUT2D eigenvalue weighted by molar-refractivity contribution is 5.26. The smallest absolute Gasteiger partial charge is 0.0842 e. The van der Waals surface area contributed by atoms with Crippen LogP contribution in [0.15, 0.2) is 35.9 Å². The van der Waals surface area contributed by atoms with E-state index in [-0.39, 0.29) is 22.9 Å². The monoisotopic (exact) mass is 438 g/mol. The Hall–Kier alpha value is -1.16. The summed E-state index contributed by atoms with van der Waals surface area (Å²) >= 11 is 0. The average Bonchev–Trinajstić information content (AvgIpc) is 3.12. The summed E-state index contributed by atoms with van der Waals surface area (Å²) in [6, 6.07) is 8.31. The van der Waals surface area contributed by atoms with E-state index in [1.807, 2.05) is 0 Å². The number of allylic oxidation sites excluding steroid dienone is 1. The fourth-order valence-corrected chi connectivity index (χ4v) is 8.60. The Morgan fingerprint density at radius 2 is 1.72 bits per heavy atom. The molecule has 3 nitrogen and oxygen atoms in total. The van der Waals surface area contributed by atoms with Crippen molar-refractivity contribution in [1.29, 1.82) is 0 Å². The van der Waals surface area contributed by atoms with Crippen molar-refractivity contribution in [2.75, 3.05) is 0 Å². The minimum Gasteiger partial charge on any atom is -0.393 e. The number of fused-ring (bicyclic) bond motifs is 5. The number of hydrogen-bond acceptors (Lipinski definition) is 3. The molecule has 0 unspecified atom stereocenters. The van der Waals surface area contributed by atoms with Crippen LogP contribution in [0.3, 0.4) is 0 Å². The van der Waals surface area contributed by atoms with Crippen LogP contribution >= 0.6 is 0 Å². The van der Waals surface area contributed by atoms with Crippen molar-refractivity contribution in [2.45, 2.75) is 96.9 Å². The predicted molar refractivity (Wildman–Crippen MR) is 128 cm³/mol. The molecule has 4 aliphatic carbocycles. The first-order valence-corrected chi connectivity index (χ1v) is 13.0. The van der Waals surface area contributed by atoms with E-state index >= 15 is 0 Å². The van der Waals surface area contributed by atoms with E-state index in [0.29, 0.717) is 24.2 Å². The van der Waals surface area contributed by atoms with Crippen LogP contribution < -0.4 is 0 Å². The summed E-state index contributed by atoms with van der Waals surface area (Å²) < 4.78 is 0. The Labute approximate surface area is 193 Å². The molecule has 0 heterocycles. The highest BCUT2D eigenvalue weighted by Crippen LogP contribution is 2.66. The van der Waals surface area contributed by atoms with Crippen LogP contribution in [-0.2, 0) is 6.42 Å². The standard InChI is InChI=1S/C29H42O3/c1-18-4-6-19(7-5-18)16-26(31)27(32)25-11-10-23-22-9-8-20-17-21(30)12-14-28(20,2)24(22)13-15-29(23,25)3/h4-8,21-27,30-32H,9-17H2,1-3H3/t21-,22-,23-,24-,25+,26+,27-,28-,29-/m0/s1. The maximum Gasteiger partial charge on any atom is 0.0842 e. The molecule has 0 radical (unpaired) electrons. The molecule has 4 aliphatic rings. The van der Waals surface area contributed by atoms with Gasteiger partial charge in [-0.05, 0) is 98.4 Å². The molecule has 3 fully saturated rings. The zero-order valence-corrected chi connectivity index (χ0v) is 20.1. The molecular weight excluding hydrogens is 396 g/mol. The number of benzene rings is 1. The molecule has 3 N–H and O–H groups in total. The Bertz CT molecular complexity index is 860. The lowest BCUT2D eigenvalue weighted by molar-refractivity contribution is -0.0951. The third kappa shape index (κ3) is 3.60. The van der Waals surface area contributed by atoms with E-state index in [9.17, 15) is 15.3 Å². The van der Waals surface area contributed by atoms with Crippen molar-refractivity contribution in [2.24, 2.45) is 34.5 Å². The number of aryl methyl sites for hydroxylation is 1. The lowest BCUT2D eigenvalue weighted by atomic mass is 9.47. The summed E-state index contributed by atoms with van der Waals surface area (Å²) in [4.78, 5) is 0. The fourth-order valence-electron chi connectivity index (χ4n) is 8.60. The molecule has 0 bridgehead atoms. The maximum absolute atomic E-state index is 11.3. The van der Waals surface area contributed by atoms with Crippen LogP contribution in [0.25, 0.3) is 0 Å².